The van der Waals surface area contributed by atoms with Crippen molar-refractivity contribution < 1.29 is 29.2 Å². The van der Waals surface area contributed by atoms with Gasteiger partial charge in [-0.15, -0.1) is 0 Å². The van der Waals surface area contributed by atoms with Gasteiger partial charge in [0.1, 0.15) is 5.75 Å². The van der Waals surface area contributed by atoms with Gasteiger partial charge in [0.15, 0.2) is 17.6 Å². The minimum Gasteiger partial charge on any atom is -0.508 e. The van der Waals surface area contributed by atoms with E-state index in [0.29, 0.717) is 0 Å². The van der Waals surface area contributed by atoms with Crippen LogP contribution in [0, 0.1) is 0 Å². The van der Waals surface area contributed by atoms with Crippen LogP contribution in [0.1, 0.15) is 11.7 Å². The van der Waals surface area contributed by atoms with Crippen LogP contribution in [0.2, 0.25) is 0 Å². The van der Waals surface area contributed by atoms with E-state index in [9.17, 15) is 15.0 Å². The molecule has 1 atom stereocenters. The number of aliphatic hydroxyl groups is 1. The summed E-state index contributed by atoms with van der Waals surface area (Å²) >= 11 is 0. The maximum atomic E-state index is 11.2. The van der Waals surface area contributed by atoms with Crippen LogP contribution in [0.5, 0.6) is 17.2 Å². The number of fused-ring (bicyclic) bond motifs is 1. The molecule has 2 N–H and O–H groups in total. The number of rotatable bonds is 2. The van der Waals surface area contributed by atoms with Gasteiger partial charge >= 0.3 is 5.97 Å². The molecular weight excluding hydrogens is 216 g/mol. The number of aromatic hydroxyl groups is 1. The molecule has 6 heteroatoms. The van der Waals surface area contributed by atoms with E-state index in [1.54, 1.807) is 0 Å². The van der Waals surface area contributed by atoms with Crippen LogP contribution in [-0.4, -0.2) is 30.1 Å². The lowest BCUT2D eigenvalue weighted by Crippen LogP contribution is -2.14. The number of benzene rings is 1. The number of esters is 1. The Morgan fingerprint density at radius 3 is 2.94 bits per heavy atom. The normalized spacial score (nSPS) is 14.6. The van der Waals surface area contributed by atoms with Crippen LogP contribution in [0.15, 0.2) is 12.1 Å². The van der Waals surface area contributed by atoms with E-state index in [0.717, 1.165) is 7.11 Å². The number of aliphatic hydroxyl groups excluding tert-OH is 1. The Hall–Kier alpha value is -1.95. The summed E-state index contributed by atoms with van der Waals surface area (Å²) in [5.74, 6) is -0.417. The first kappa shape index (κ1) is 10.6. The zero-order valence-corrected chi connectivity index (χ0v) is 8.47. The van der Waals surface area contributed by atoms with Crippen molar-refractivity contribution in [2.45, 2.75) is 6.10 Å². The van der Waals surface area contributed by atoms with Gasteiger partial charge in [-0.3, -0.25) is 0 Å². The predicted octanol–water partition coefficient (Wildman–Crippen LogP) is 0.327. The van der Waals surface area contributed by atoms with Gasteiger partial charge in [-0.2, -0.15) is 0 Å². The summed E-state index contributed by atoms with van der Waals surface area (Å²) in [7, 11) is 1.16. The Balaban J connectivity index is 2.44. The first-order valence-corrected chi connectivity index (χ1v) is 4.52. The van der Waals surface area contributed by atoms with Crippen molar-refractivity contribution in [3.05, 3.63) is 17.7 Å². The zero-order valence-electron chi connectivity index (χ0n) is 8.47. The third kappa shape index (κ3) is 1.63. The van der Waals surface area contributed by atoms with Gasteiger partial charge in [0.25, 0.3) is 0 Å². The van der Waals surface area contributed by atoms with Crippen molar-refractivity contribution in [3.8, 4) is 17.2 Å². The molecule has 1 unspecified atom stereocenters. The fourth-order valence-electron chi connectivity index (χ4n) is 1.46. The number of methoxy groups -OCH3 is 1. The molecule has 0 amide bonds. The third-order valence-electron chi connectivity index (χ3n) is 2.21. The predicted molar refractivity (Wildman–Crippen MR) is 51.2 cm³/mol. The Kier molecular flexibility index (Phi) is 2.57. The van der Waals surface area contributed by atoms with Gasteiger partial charge in [-0.1, -0.05) is 0 Å². The first-order valence-electron chi connectivity index (χ1n) is 4.52. The molecule has 0 saturated carbocycles. The molecule has 0 aromatic heterocycles. The molecule has 0 fully saturated rings. The Morgan fingerprint density at radius 1 is 1.50 bits per heavy atom. The number of hydrogen-bond donors (Lipinski definition) is 2. The second kappa shape index (κ2) is 3.90. The minimum atomic E-state index is -1.51. The molecule has 0 radical (unpaired) electrons. The topological polar surface area (TPSA) is 85.2 Å². The highest BCUT2D eigenvalue weighted by Gasteiger charge is 2.28. The lowest BCUT2D eigenvalue weighted by molar-refractivity contribution is -0.150. The molecule has 1 heterocycles. The van der Waals surface area contributed by atoms with Gasteiger partial charge in [0.2, 0.25) is 6.79 Å². The number of phenols is 1. The highest BCUT2D eigenvalue weighted by atomic mass is 16.7. The maximum absolute atomic E-state index is 11.2. The molecule has 1 aromatic rings. The van der Waals surface area contributed by atoms with Crippen molar-refractivity contribution >= 4 is 5.97 Å². The van der Waals surface area contributed by atoms with Gasteiger partial charge in [-0.05, 0) is 6.07 Å². The zero-order chi connectivity index (χ0) is 11.7. The summed E-state index contributed by atoms with van der Waals surface area (Å²) in [6, 6.07) is 2.57. The highest BCUT2D eigenvalue weighted by molar-refractivity contribution is 5.78. The lowest BCUT2D eigenvalue weighted by Gasteiger charge is -2.11. The van der Waals surface area contributed by atoms with E-state index in [2.05, 4.69) is 4.74 Å². The van der Waals surface area contributed by atoms with Gasteiger partial charge in [0, 0.05) is 11.6 Å². The van der Waals surface area contributed by atoms with Crippen LogP contribution >= 0.6 is 0 Å². The van der Waals surface area contributed by atoms with Crippen molar-refractivity contribution in [1.82, 2.24) is 0 Å². The lowest BCUT2D eigenvalue weighted by atomic mass is 10.1. The molecule has 1 aliphatic rings. The van der Waals surface area contributed by atoms with E-state index in [-0.39, 0.29) is 29.6 Å². The third-order valence-corrected chi connectivity index (χ3v) is 2.21. The quantitative estimate of drug-likeness (QED) is 0.707. The van der Waals surface area contributed by atoms with Crippen LogP contribution in [0.25, 0.3) is 0 Å². The molecule has 0 bridgehead atoms. The molecule has 1 aromatic carbocycles. The van der Waals surface area contributed by atoms with Crippen molar-refractivity contribution in [1.29, 1.82) is 0 Å². The molecule has 86 valence electrons. The van der Waals surface area contributed by atoms with Gasteiger partial charge < -0.3 is 24.4 Å². The fraction of sp³-hybridized carbons (Fsp3) is 0.300. The smallest absolute Gasteiger partial charge is 0.339 e. The van der Waals surface area contributed by atoms with E-state index >= 15 is 0 Å². The number of carbonyl (C=O) groups is 1. The molecule has 0 spiro atoms. The standard InChI is InChI=1S/C10H10O6/c1-14-10(13)8(12)6-2-5(11)3-7-9(6)16-4-15-7/h2-3,8,11-12H,4H2,1H3. The monoisotopic (exact) mass is 226 g/mol. The molecule has 6 nitrogen and oxygen atoms in total. The van der Waals surface area contributed by atoms with E-state index in [1.807, 2.05) is 0 Å². The largest absolute Gasteiger partial charge is 0.508 e. The summed E-state index contributed by atoms with van der Waals surface area (Å²) in [5.41, 5.74) is 0.124. The second-order valence-corrected chi connectivity index (χ2v) is 3.19. The Bertz CT molecular complexity index is 428. The molecule has 2 rings (SSSR count). The van der Waals surface area contributed by atoms with Crippen LogP contribution in [0.4, 0.5) is 0 Å². The second-order valence-electron chi connectivity index (χ2n) is 3.19. The maximum Gasteiger partial charge on any atom is 0.339 e. The van der Waals surface area contributed by atoms with Crippen molar-refractivity contribution in [2.75, 3.05) is 13.9 Å². The van der Waals surface area contributed by atoms with Crippen LogP contribution in [-0.2, 0) is 9.53 Å². The summed E-state index contributed by atoms with van der Waals surface area (Å²) < 4.78 is 14.5. The van der Waals surface area contributed by atoms with Crippen molar-refractivity contribution in [2.24, 2.45) is 0 Å². The molecule has 0 saturated heterocycles. The number of hydrogen-bond acceptors (Lipinski definition) is 6. The van der Waals surface area contributed by atoms with Gasteiger partial charge in [-0.25, -0.2) is 4.79 Å². The number of ether oxygens (including phenoxy) is 3. The average molecular weight is 226 g/mol. The summed E-state index contributed by atoms with van der Waals surface area (Å²) in [5, 5.41) is 19.0. The minimum absolute atomic E-state index is 0.0142. The fourth-order valence-corrected chi connectivity index (χ4v) is 1.46. The molecule has 1 aliphatic heterocycles. The van der Waals surface area contributed by atoms with Crippen LogP contribution < -0.4 is 9.47 Å². The molecule has 0 aliphatic carbocycles. The number of carbonyl (C=O) groups excluding carboxylic acids is 1. The number of phenolic OH excluding ortho intramolecular Hbond substituents is 1. The molecular formula is C10H10O6. The molecule has 16 heavy (non-hydrogen) atoms. The first-order chi connectivity index (χ1) is 7.63. The highest BCUT2D eigenvalue weighted by Crippen LogP contribution is 2.41. The Labute approximate surface area is 91.0 Å². The van der Waals surface area contributed by atoms with E-state index in [4.69, 9.17) is 9.47 Å². The van der Waals surface area contributed by atoms with Crippen molar-refractivity contribution in [3.63, 3.8) is 0 Å². The summed E-state index contributed by atoms with van der Waals surface area (Å²) in [4.78, 5) is 11.2. The summed E-state index contributed by atoms with van der Waals surface area (Å²) in [6.45, 7) is -0.0142. The van der Waals surface area contributed by atoms with E-state index < -0.39 is 12.1 Å². The average Bonchev–Trinajstić information content (AvgIpc) is 2.73. The van der Waals surface area contributed by atoms with E-state index in [1.165, 1.54) is 12.1 Å². The SMILES string of the molecule is COC(=O)C(O)c1cc(O)cc2c1OCO2. The van der Waals surface area contributed by atoms with Crippen LogP contribution in [0.3, 0.4) is 0 Å². The Morgan fingerprint density at radius 2 is 2.25 bits per heavy atom. The van der Waals surface area contributed by atoms with Gasteiger partial charge in [0.05, 0.1) is 7.11 Å². The summed E-state index contributed by atoms with van der Waals surface area (Å²) in [6.07, 6.45) is -1.51.